The van der Waals surface area contributed by atoms with E-state index in [4.69, 9.17) is 5.73 Å². The number of sulfonamides is 1. The molecule has 1 fully saturated rings. The lowest BCUT2D eigenvalue weighted by atomic mass is 9.91. The molecule has 1 heterocycles. The number of carbonyl (C=O) groups excluding carboxylic acids is 1. The zero-order valence-electron chi connectivity index (χ0n) is 16.0. The molecule has 8 heteroatoms. The standard InChI is InChI=1S/C20H27N3O3S.ClH/c1-15(21)16-9-12-23(13-10-16)20(24)8-11-22-27(25,26)19-7-6-17-4-2-3-5-18(17)14-19;/h2-7,14-16,22H,8-13,21H2,1H3;1H. The molecule has 3 N–H and O–H groups in total. The molecule has 0 aromatic heterocycles. The van der Waals surface area contributed by atoms with Crippen molar-refractivity contribution in [1.82, 2.24) is 9.62 Å². The van der Waals surface area contributed by atoms with Crippen LogP contribution in [-0.2, 0) is 14.8 Å². The van der Waals surface area contributed by atoms with Crippen LogP contribution in [0.2, 0.25) is 0 Å². The summed E-state index contributed by atoms with van der Waals surface area (Å²) in [6, 6.07) is 12.8. The van der Waals surface area contributed by atoms with Gasteiger partial charge in [-0.1, -0.05) is 30.3 Å². The van der Waals surface area contributed by atoms with E-state index >= 15 is 0 Å². The lowest BCUT2D eigenvalue weighted by molar-refractivity contribution is -0.132. The Morgan fingerprint density at radius 2 is 1.82 bits per heavy atom. The molecule has 0 spiro atoms. The summed E-state index contributed by atoms with van der Waals surface area (Å²) in [7, 11) is -3.64. The molecule has 154 valence electrons. The molecule has 0 saturated carbocycles. The maximum absolute atomic E-state index is 12.5. The molecule has 1 atom stereocenters. The van der Waals surface area contributed by atoms with Crippen LogP contribution in [0.25, 0.3) is 10.8 Å². The quantitative estimate of drug-likeness (QED) is 0.743. The molecule has 3 rings (SSSR count). The van der Waals surface area contributed by atoms with E-state index in [0.717, 1.165) is 23.6 Å². The number of nitrogens with zero attached hydrogens (tertiary/aromatic N) is 1. The third kappa shape index (κ3) is 5.44. The Bertz CT molecular complexity index is 910. The molecular formula is C20H28ClN3O3S. The minimum Gasteiger partial charge on any atom is -0.343 e. The van der Waals surface area contributed by atoms with Crippen LogP contribution < -0.4 is 10.5 Å². The Morgan fingerprint density at radius 1 is 1.18 bits per heavy atom. The van der Waals surface area contributed by atoms with Crippen LogP contribution in [0.15, 0.2) is 47.4 Å². The third-order valence-corrected chi connectivity index (χ3v) is 6.76. The highest BCUT2D eigenvalue weighted by Crippen LogP contribution is 2.20. The Hall–Kier alpha value is -1.67. The first kappa shape index (κ1) is 22.6. The summed E-state index contributed by atoms with van der Waals surface area (Å²) >= 11 is 0. The smallest absolute Gasteiger partial charge is 0.240 e. The average molecular weight is 426 g/mol. The van der Waals surface area contributed by atoms with Gasteiger partial charge in [0, 0.05) is 32.1 Å². The molecular weight excluding hydrogens is 398 g/mol. The van der Waals surface area contributed by atoms with E-state index in [1.54, 1.807) is 18.2 Å². The van der Waals surface area contributed by atoms with Crippen LogP contribution in [0, 0.1) is 5.92 Å². The van der Waals surface area contributed by atoms with Gasteiger partial charge in [0.2, 0.25) is 15.9 Å². The predicted molar refractivity (Wildman–Crippen MR) is 114 cm³/mol. The van der Waals surface area contributed by atoms with Gasteiger partial charge in [0.15, 0.2) is 0 Å². The fourth-order valence-electron chi connectivity index (χ4n) is 3.54. The number of piperidine rings is 1. The number of nitrogens with two attached hydrogens (primary N) is 1. The van der Waals surface area contributed by atoms with Gasteiger partial charge < -0.3 is 10.6 Å². The lowest BCUT2D eigenvalue weighted by Crippen LogP contribution is -2.43. The number of carbonyl (C=O) groups is 1. The van der Waals surface area contributed by atoms with Crippen LogP contribution in [-0.4, -0.2) is 44.9 Å². The summed E-state index contributed by atoms with van der Waals surface area (Å²) in [6.45, 7) is 3.50. The molecule has 1 saturated heterocycles. The van der Waals surface area contributed by atoms with E-state index in [-0.39, 0.29) is 42.2 Å². The molecule has 1 unspecified atom stereocenters. The van der Waals surface area contributed by atoms with Gasteiger partial charge in [-0.3, -0.25) is 4.79 Å². The van der Waals surface area contributed by atoms with Crippen molar-refractivity contribution in [2.24, 2.45) is 11.7 Å². The predicted octanol–water partition coefficient (Wildman–Crippen LogP) is 2.52. The Labute approximate surface area is 172 Å². The second kappa shape index (κ2) is 9.69. The number of hydrogen-bond donors (Lipinski definition) is 2. The van der Waals surface area contributed by atoms with Crippen LogP contribution in [0.3, 0.4) is 0 Å². The van der Waals surface area contributed by atoms with Crippen molar-refractivity contribution in [3.63, 3.8) is 0 Å². The van der Waals surface area contributed by atoms with Crippen molar-refractivity contribution in [3.05, 3.63) is 42.5 Å². The number of likely N-dealkylation sites (tertiary alicyclic amines) is 1. The van der Waals surface area contributed by atoms with Crippen molar-refractivity contribution in [2.45, 2.75) is 37.1 Å². The normalized spacial score (nSPS) is 16.6. The number of benzene rings is 2. The molecule has 1 aliphatic heterocycles. The number of amides is 1. The van der Waals surface area contributed by atoms with E-state index in [1.807, 2.05) is 36.1 Å². The van der Waals surface area contributed by atoms with Gasteiger partial charge in [-0.15, -0.1) is 12.4 Å². The summed E-state index contributed by atoms with van der Waals surface area (Å²) in [5, 5.41) is 1.86. The maximum Gasteiger partial charge on any atom is 0.240 e. The van der Waals surface area contributed by atoms with Crippen molar-refractivity contribution >= 4 is 39.1 Å². The molecule has 2 aromatic rings. The molecule has 1 amide bonds. The second-order valence-corrected chi connectivity index (χ2v) is 9.00. The van der Waals surface area contributed by atoms with Gasteiger partial charge in [0.1, 0.15) is 0 Å². The fraction of sp³-hybridized carbons (Fsp3) is 0.450. The van der Waals surface area contributed by atoms with Gasteiger partial charge >= 0.3 is 0 Å². The van der Waals surface area contributed by atoms with Crippen molar-refractivity contribution < 1.29 is 13.2 Å². The first-order chi connectivity index (χ1) is 12.9. The van der Waals surface area contributed by atoms with Crippen LogP contribution in [0.5, 0.6) is 0 Å². The van der Waals surface area contributed by atoms with E-state index in [2.05, 4.69) is 4.72 Å². The first-order valence-electron chi connectivity index (χ1n) is 9.38. The summed E-state index contributed by atoms with van der Waals surface area (Å²) in [4.78, 5) is 14.4. The minimum atomic E-state index is -3.64. The fourth-order valence-corrected chi connectivity index (χ4v) is 4.61. The number of halogens is 1. The molecule has 0 radical (unpaired) electrons. The SMILES string of the molecule is CC(N)C1CCN(C(=O)CCNS(=O)(=O)c2ccc3ccccc3c2)CC1.Cl. The maximum atomic E-state index is 12.5. The van der Waals surface area contributed by atoms with E-state index < -0.39 is 10.0 Å². The minimum absolute atomic E-state index is 0. The van der Waals surface area contributed by atoms with E-state index in [9.17, 15) is 13.2 Å². The van der Waals surface area contributed by atoms with E-state index in [0.29, 0.717) is 19.0 Å². The average Bonchev–Trinajstić information content (AvgIpc) is 2.67. The highest BCUT2D eigenvalue weighted by Gasteiger charge is 2.25. The number of rotatable bonds is 6. The number of fused-ring (bicyclic) bond motifs is 1. The van der Waals surface area contributed by atoms with Gasteiger partial charge in [-0.2, -0.15) is 0 Å². The van der Waals surface area contributed by atoms with Gasteiger partial charge in [-0.25, -0.2) is 13.1 Å². The summed E-state index contributed by atoms with van der Waals surface area (Å²) in [5.74, 6) is 0.444. The van der Waals surface area contributed by atoms with Crippen molar-refractivity contribution in [3.8, 4) is 0 Å². The Balaban J connectivity index is 0.00000280. The van der Waals surface area contributed by atoms with Gasteiger partial charge in [0.25, 0.3) is 0 Å². The largest absolute Gasteiger partial charge is 0.343 e. The highest BCUT2D eigenvalue weighted by molar-refractivity contribution is 7.89. The summed E-state index contributed by atoms with van der Waals surface area (Å²) < 4.78 is 27.5. The number of nitrogens with one attached hydrogen (secondary N) is 1. The molecule has 0 bridgehead atoms. The van der Waals surface area contributed by atoms with Gasteiger partial charge in [0.05, 0.1) is 4.90 Å². The van der Waals surface area contributed by atoms with E-state index in [1.165, 1.54) is 0 Å². The monoisotopic (exact) mass is 425 g/mol. The lowest BCUT2D eigenvalue weighted by Gasteiger charge is -2.33. The third-order valence-electron chi connectivity index (χ3n) is 5.30. The van der Waals surface area contributed by atoms with Gasteiger partial charge in [-0.05, 0) is 48.6 Å². The zero-order valence-corrected chi connectivity index (χ0v) is 17.6. The summed E-state index contributed by atoms with van der Waals surface area (Å²) in [5.41, 5.74) is 5.93. The van der Waals surface area contributed by atoms with Crippen molar-refractivity contribution in [2.75, 3.05) is 19.6 Å². The van der Waals surface area contributed by atoms with Crippen LogP contribution >= 0.6 is 12.4 Å². The highest BCUT2D eigenvalue weighted by atomic mass is 35.5. The molecule has 6 nitrogen and oxygen atoms in total. The number of hydrogen-bond acceptors (Lipinski definition) is 4. The molecule has 1 aliphatic rings. The van der Waals surface area contributed by atoms with Crippen LogP contribution in [0.4, 0.5) is 0 Å². The Kier molecular flexibility index (Phi) is 7.83. The van der Waals surface area contributed by atoms with Crippen molar-refractivity contribution in [1.29, 1.82) is 0 Å². The molecule has 0 aliphatic carbocycles. The zero-order chi connectivity index (χ0) is 19.4. The molecule has 28 heavy (non-hydrogen) atoms. The molecule has 2 aromatic carbocycles. The topological polar surface area (TPSA) is 92.5 Å². The van der Waals surface area contributed by atoms with Crippen LogP contribution in [0.1, 0.15) is 26.2 Å². The second-order valence-electron chi connectivity index (χ2n) is 7.23. The first-order valence-corrected chi connectivity index (χ1v) is 10.9. The Morgan fingerprint density at radius 3 is 2.46 bits per heavy atom. The summed E-state index contributed by atoms with van der Waals surface area (Å²) in [6.07, 6.45) is 1.98.